The van der Waals surface area contributed by atoms with E-state index in [4.69, 9.17) is 14.2 Å². The maximum Gasteiger partial charge on any atom is 0.237 e. The van der Waals surface area contributed by atoms with E-state index >= 15 is 0 Å². The summed E-state index contributed by atoms with van der Waals surface area (Å²) in [6.45, 7) is 6.42. The Morgan fingerprint density at radius 3 is 2.53 bits per heavy atom. The Kier molecular flexibility index (Phi) is 6.87. The molecule has 0 aliphatic carbocycles. The van der Waals surface area contributed by atoms with Gasteiger partial charge in [0.05, 0.1) is 19.7 Å². The molecule has 7 nitrogen and oxygen atoms in total. The van der Waals surface area contributed by atoms with E-state index in [1.807, 2.05) is 23.1 Å². The number of halogens is 1. The third-order valence-electron chi connectivity index (χ3n) is 6.97. The Morgan fingerprint density at radius 1 is 1.00 bits per heavy atom. The zero-order valence-electron chi connectivity index (χ0n) is 19.7. The molecular weight excluding hydrogens is 437 g/mol. The van der Waals surface area contributed by atoms with Crippen LogP contribution in [0.3, 0.4) is 0 Å². The fourth-order valence-corrected chi connectivity index (χ4v) is 5.13. The Hall–Kier alpha value is -2.84. The van der Waals surface area contributed by atoms with Crippen LogP contribution in [-0.2, 0) is 11.3 Å². The highest BCUT2D eigenvalue weighted by Gasteiger charge is 2.32. The molecule has 1 atom stereocenters. The summed E-state index contributed by atoms with van der Waals surface area (Å²) in [4.78, 5) is 19.8. The molecule has 3 aliphatic heterocycles. The second-order valence-corrected chi connectivity index (χ2v) is 9.17. The largest absolute Gasteiger partial charge is 0.494 e. The fourth-order valence-electron chi connectivity index (χ4n) is 5.13. The molecule has 0 spiro atoms. The average Bonchev–Trinajstić information content (AvgIpc) is 3.35. The molecule has 3 aliphatic rings. The lowest BCUT2D eigenvalue weighted by Gasteiger charge is -2.36. The summed E-state index contributed by atoms with van der Waals surface area (Å²) in [6.07, 6.45) is 1.98. The molecule has 0 radical (unpaired) electrons. The number of fused-ring (bicyclic) bond motifs is 1. The number of hydrogen-bond donors (Lipinski definition) is 0. The van der Waals surface area contributed by atoms with Crippen molar-refractivity contribution < 1.29 is 23.4 Å². The minimum absolute atomic E-state index is 0.0922. The highest BCUT2D eigenvalue weighted by molar-refractivity contribution is 5.79. The molecule has 5 rings (SSSR count). The molecule has 0 N–H and O–H groups in total. The summed E-state index contributed by atoms with van der Waals surface area (Å²) in [5.41, 5.74) is 2.05. The van der Waals surface area contributed by atoms with E-state index in [1.165, 1.54) is 7.11 Å². The van der Waals surface area contributed by atoms with Gasteiger partial charge >= 0.3 is 0 Å². The maximum atomic E-state index is 14.0. The van der Waals surface area contributed by atoms with Crippen LogP contribution in [0.1, 0.15) is 30.0 Å². The first-order valence-electron chi connectivity index (χ1n) is 12.1. The van der Waals surface area contributed by atoms with Gasteiger partial charge in [0.2, 0.25) is 5.91 Å². The number of ether oxygens (including phenoxy) is 3. The summed E-state index contributed by atoms with van der Waals surface area (Å²) in [7, 11) is 1.47. The molecular formula is C26H32FN3O4. The third-order valence-corrected chi connectivity index (χ3v) is 6.97. The van der Waals surface area contributed by atoms with Crippen molar-refractivity contribution in [1.82, 2.24) is 14.7 Å². The lowest BCUT2D eigenvalue weighted by molar-refractivity contribution is -0.133. The summed E-state index contributed by atoms with van der Waals surface area (Å²) in [5, 5.41) is 0. The number of piperazine rings is 1. The molecule has 1 amide bonds. The number of carbonyl (C=O) groups excluding carboxylic acids is 1. The highest BCUT2D eigenvalue weighted by atomic mass is 19.1. The Labute approximate surface area is 200 Å². The molecule has 3 heterocycles. The number of benzene rings is 2. The first kappa shape index (κ1) is 22.9. The molecule has 8 heteroatoms. The topological polar surface area (TPSA) is 54.5 Å². The summed E-state index contributed by atoms with van der Waals surface area (Å²) < 4.78 is 30.4. The fraction of sp³-hybridized carbons (Fsp3) is 0.500. The number of likely N-dealkylation sites (tertiary alicyclic amines) is 1. The average molecular weight is 470 g/mol. The molecule has 182 valence electrons. The summed E-state index contributed by atoms with van der Waals surface area (Å²) in [5.74, 6) is 1.67. The minimum atomic E-state index is -0.331. The van der Waals surface area contributed by atoms with E-state index in [1.54, 1.807) is 12.1 Å². The van der Waals surface area contributed by atoms with Crippen molar-refractivity contribution in [2.24, 2.45) is 0 Å². The van der Waals surface area contributed by atoms with Crippen molar-refractivity contribution in [3.05, 3.63) is 53.3 Å². The zero-order chi connectivity index (χ0) is 23.5. The van der Waals surface area contributed by atoms with E-state index in [-0.39, 0.29) is 23.5 Å². The minimum Gasteiger partial charge on any atom is -0.494 e. The summed E-state index contributed by atoms with van der Waals surface area (Å²) >= 11 is 0. The summed E-state index contributed by atoms with van der Waals surface area (Å²) in [6, 6.07) is 11.3. The molecule has 0 bridgehead atoms. The molecule has 0 saturated carbocycles. The predicted octanol–water partition coefficient (Wildman–Crippen LogP) is 3.09. The van der Waals surface area contributed by atoms with Gasteiger partial charge in [-0.15, -0.1) is 0 Å². The van der Waals surface area contributed by atoms with Crippen LogP contribution in [0.5, 0.6) is 17.2 Å². The number of amides is 1. The lowest BCUT2D eigenvalue weighted by atomic mass is 10.0. The van der Waals surface area contributed by atoms with E-state index in [9.17, 15) is 9.18 Å². The van der Waals surface area contributed by atoms with Crippen molar-refractivity contribution >= 4 is 5.91 Å². The van der Waals surface area contributed by atoms with E-state index in [2.05, 4.69) is 15.9 Å². The highest BCUT2D eigenvalue weighted by Crippen LogP contribution is 2.38. The van der Waals surface area contributed by atoms with Crippen LogP contribution in [-0.4, -0.2) is 80.2 Å². The van der Waals surface area contributed by atoms with Gasteiger partial charge in [0, 0.05) is 39.3 Å². The number of nitrogens with zero attached hydrogens (tertiary/aromatic N) is 3. The van der Waals surface area contributed by atoms with Crippen LogP contribution in [0.15, 0.2) is 36.4 Å². The third kappa shape index (κ3) is 4.98. The van der Waals surface area contributed by atoms with Crippen LogP contribution < -0.4 is 14.2 Å². The van der Waals surface area contributed by atoms with Crippen LogP contribution in [0, 0.1) is 5.82 Å². The zero-order valence-corrected chi connectivity index (χ0v) is 19.7. The van der Waals surface area contributed by atoms with Crippen molar-refractivity contribution in [3.8, 4) is 17.2 Å². The number of rotatable bonds is 6. The van der Waals surface area contributed by atoms with Gasteiger partial charge in [-0.2, -0.15) is 0 Å². The first-order chi connectivity index (χ1) is 16.6. The van der Waals surface area contributed by atoms with E-state index < -0.39 is 0 Å². The Bertz CT molecular complexity index is 1030. The van der Waals surface area contributed by atoms with E-state index in [0.29, 0.717) is 26.3 Å². The van der Waals surface area contributed by atoms with Gasteiger partial charge in [-0.05, 0) is 48.2 Å². The number of hydrogen-bond acceptors (Lipinski definition) is 6. The van der Waals surface area contributed by atoms with Crippen molar-refractivity contribution in [3.63, 3.8) is 0 Å². The smallest absolute Gasteiger partial charge is 0.237 e. The first-order valence-corrected chi connectivity index (χ1v) is 12.1. The van der Waals surface area contributed by atoms with Crippen LogP contribution in [0.25, 0.3) is 0 Å². The van der Waals surface area contributed by atoms with Crippen LogP contribution in [0.4, 0.5) is 4.39 Å². The lowest BCUT2D eigenvalue weighted by Crippen LogP contribution is -2.49. The van der Waals surface area contributed by atoms with Gasteiger partial charge in [-0.3, -0.25) is 14.6 Å². The number of methoxy groups -OCH3 is 1. The molecule has 34 heavy (non-hydrogen) atoms. The Morgan fingerprint density at radius 2 is 1.76 bits per heavy atom. The second-order valence-electron chi connectivity index (χ2n) is 9.17. The molecule has 2 aromatic carbocycles. The monoisotopic (exact) mass is 469 g/mol. The van der Waals surface area contributed by atoms with Gasteiger partial charge in [0.1, 0.15) is 13.2 Å². The normalized spacial score (nSPS) is 21.0. The standard InChI is InChI=1S/C26H32FN3O4/c1-32-23-6-4-19(15-21(23)27)17-28-9-11-29(12-10-28)18-26(31)30-8-2-3-22(30)20-5-7-24-25(16-20)34-14-13-33-24/h4-7,15-16,22H,2-3,8-14,17-18H2,1H3. The van der Waals surface area contributed by atoms with Gasteiger partial charge in [-0.25, -0.2) is 4.39 Å². The second kappa shape index (κ2) is 10.2. The van der Waals surface area contributed by atoms with Crippen molar-refractivity contribution in [2.75, 3.05) is 59.6 Å². The molecule has 2 saturated heterocycles. The molecule has 2 fully saturated rings. The predicted molar refractivity (Wildman–Crippen MR) is 126 cm³/mol. The van der Waals surface area contributed by atoms with Crippen molar-refractivity contribution in [2.45, 2.75) is 25.4 Å². The quantitative estimate of drug-likeness (QED) is 0.648. The molecule has 0 aromatic heterocycles. The maximum absolute atomic E-state index is 14.0. The number of carbonyl (C=O) groups is 1. The van der Waals surface area contributed by atoms with E-state index in [0.717, 1.165) is 68.2 Å². The van der Waals surface area contributed by atoms with Gasteiger partial charge in [0.25, 0.3) is 0 Å². The molecule has 2 aromatic rings. The van der Waals surface area contributed by atoms with Crippen LogP contribution >= 0.6 is 0 Å². The van der Waals surface area contributed by atoms with Gasteiger partial charge < -0.3 is 19.1 Å². The molecule has 1 unspecified atom stereocenters. The van der Waals surface area contributed by atoms with Crippen LogP contribution in [0.2, 0.25) is 0 Å². The SMILES string of the molecule is COc1ccc(CN2CCN(CC(=O)N3CCCC3c3ccc4c(c3)OCCO4)CC2)cc1F. The van der Waals surface area contributed by atoms with Gasteiger partial charge in [0.15, 0.2) is 23.1 Å². The van der Waals surface area contributed by atoms with Crippen molar-refractivity contribution in [1.29, 1.82) is 0 Å². The van der Waals surface area contributed by atoms with Gasteiger partial charge in [-0.1, -0.05) is 12.1 Å². The Balaban J connectivity index is 1.14.